The first-order valence-electron chi connectivity index (χ1n) is 15.4. The summed E-state index contributed by atoms with van der Waals surface area (Å²) in [5.41, 5.74) is 3.80. The van der Waals surface area contributed by atoms with Crippen molar-refractivity contribution < 1.29 is 19.4 Å². The van der Waals surface area contributed by atoms with Crippen molar-refractivity contribution in [2.45, 2.75) is 30.8 Å². The lowest BCUT2D eigenvalue weighted by atomic mass is 9.84. The van der Waals surface area contributed by atoms with Gasteiger partial charge in [0.05, 0.1) is 67.9 Å². The van der Waals surface area contributed by atoms with Gasteiger partial charge in [0.25, 0.3) is 0 Å². The molecule has 3 aromatic heterocycles. The molecule has 5 unspecified atom stereocenters. The maximum atomic E-state index is 13.4. The largest absolute Gasteiger partial charge is 0.492 e. The molecule has 7 heterocycles. The van der Waals surface area contributed by atoms with E-state index in [9.17, 15) is 15.2 Å². The normalized spacial score (nSPS) is 25.7. The number of benzene rings is 1. The van der Waals surface area contributed by atoms with Crippen LogP contribution in [0.2, 0.25) is 0 Å². The maximum Gasteiger partial charge on any atom is 0.233 e. The molecule has 9 rings (SSSR count). The highest BCUT2D eigenvalue weighted by Gasteiger charge is 2.53. The molecular weight excluding hydrogens is 556 g/mol. The quantitative estimate of drug-likeness (QED) is 0.315. The van der Waals surface area contributed by atoms with Gasteiger partial charge < -0.3 is 24.4 Å². The molecule has 1 saturated carbocycles. The summed E-state index contributed by atoms with van der Waals surface area (Å²) < 4.78 is 13.4. The monoisotopic (exact) mass is 590 g/mol. The average Bonchev–Trinajstić information content (AvgIpc) is 3.36. The molecule has 4 aromatic rings. The summed E-state index contributed by atoms with van der Waals surface area (Å²) in [4.78, 5) is 22.4. The number of anilines is 1. The highest BCUT2D eigenvalue weighted by Crippen LogP contribution is 2.52. The van der Waals surface area contributed by atoms with Crippen molar-refractivity contribution >= 4 is 17.2 Å². The Labute approximate surface area is 255 Å². The number of aromatic nitrogens is 3. The summed E-state index contributed by atoms with van der Waals surface area (Å²) in [7, 11) is 0. The van der Waals surface area contributed by atoms with E-state index < -0.39 is 5.92 Å². The summed E-state index contributed by atoms with van der Waals surface area (Å²) in [6, 6.07) is 18.0. The van der Waals surface area contributed by atoms with Gasteiger partial charge in [-0.3, -0.25) is 4.79 Å². The number of pyridine rings is 2. The second-order valence-electron chi connectivity index (χ2n) is 12.5. The summed E-state index contributed by atoms with van der Waals surface area (Å²) >= 11 is 0. The fourth-order valence-corrected chi connectivity index (χ4v) is 7.66. The third kappa shape index (κ3) is 4.59. The molecule has 5 atom stereocenters. The summed E-state index contributed by atoms with van der Waals surface area (Å²) in [6.07, 6.45) is 7.24. The van der Waals surface area contributed by atoms with E-state index in [4.69, 9.17) is 14.5 Å². The van der Waals surface area contributed by atoms with Gasteiger partial charge in [-0.2, -0.15) is 10.4 Å². The molecule has 4 aliphatic heterocycles. The lowest BCUT2D eigenvalue weighted by Gasteiger charge is -2.57. The van der Waals surface area contributed by atoms with Crippen molar-refractivity contribution in [1.82, 2.24) is 19.5 Å². The van der Waals surface area contributed by atoms with Crippen LogP contribution < -0.4 is 9.64 Å². The number of ether oxygens (including phenoxy) is 2. The average molecular weight is 591 g/mol. The van der Waals surface area contributed by atoms with Crippen LogP contribution in [-0.4, -0.2) is 82.1 Å². The topological polar surface area (TPSA) is 116 Å². The highest BCUT2D eigenvalue weighted by atomic mass is 16.5. The fourth-order valence-electron chi connectivity index (χ4n) is 7.66. The van der Waals surface area contributed by atoms with E-state index in [1.807, 2.05) is 65.8 Å². The van der Waals surface area contributed by atoms with Crippen molar-refractivity contribution in [3.8, 4) is 22.9 Å². The number of carbonyl (C=O) groups excluding carboxylic acids is 1. The zero-order chi connectivity index (χ0) is 29.8. The molecule has 1 N–H and O–H groups in total. The van der Waals surface area contributed by atoms with Crippen LogP contribution in [0.15, 0.2) is 67.1 Å². The first-order valence-corrected chi connectivity index (χ1v) is 15.4. The number of piperidine rings is 1. The molecule has 0 radical (unpaired) electrons. The van der Waals surface area contributed by atoms with Crippen LogP contribution in [0.5, 0.6) is 5.75 Å². The molecule has 5 fully saturated rings. The van der Waals surface area contributed by atoms with Gasteiger partial charge >= 0.3 is 0 Å². The number of amides is 1. The van der Waals surface area contributed by atoms with E-state index in [0.29, 0.717) is 48.8 Å². The van der Waals surface area contributed by atoms with Crippen LogP contribution in [0.3, 0.4) is 0 Å². The summed E-state index contributed by atoms with van der Waals surface area (Å²) in [5.74, 6) is 3.13. The first-order chi connectivity index (χ1) is 21.6. The number of aliphatic hydroxyl groups excluding tert-OH is 1. The minimum atomic E-state index is -0.535. The van der Waals surface area contributed by atoms with Crippen LogP contribution in [0.1, 0.15) is 29.9 Å². The molecule has 0 spiro atoms. The Bertz CT molecular complexity index is 1710. The minimum Gasteiger partial charge on any atom is -0.492 e. The Hall–Kier alpha value is -4.46. The van der Waals surface area contributed by atoms with Crippen molar-refractivity contribution in [2.75, 3.05) is 44.4 Å². The molecular formula is C34H34N6O4. The molecule has 224 valence electrons. The van der Waals surface area contributed by atoms with E-state index in [-0.39, 0.29) is 24.6 Å². The maximum absolute atomic E-state index is 13.4. The van der Waals surface area contributed by atoms with Crippen molar-refractivity contribution in [1.29, 1.82) is 5.26 Å². The van der Waals surface area contributed by atoms with Crippen molar-refractivity contribution in [3.63, 3.8) is 0 Å². The van der Waals surface area contributed by atoms with Crippen LogP contribution in [-0.2, 0) is 9.53 Å². The number of fused-ring (bicyclic) bond motifs is 4. The summed E-state index contributed by atoms with van der Waals surface area (Å²) in [6.45, 7) is 3.59. The number of carbonyl (C=O) groups is 1. The van der Waals surface area contributed by atoms with Gasteiger partial charge in [-0.15, -0.1) is 0 Å². The first kappa shape index (κ1) is 27.1. The minimum absolute atomic E-state index is 0.00266. The van der Waals surface area contributed by atoms with E-state index in [1.165, 1.54) is 0 Å². The number of piperazine rings is 1. The number of nitriles is 1. The van der Waals surface area contributed by atoms with E-state index in [0.717, 1.165) is 54.1 Å². The predicted molar refractivity (Wildman–Crippen MR) is 162 cm³/mol. The van der Waals surface area contributed by atoms with Gasteiger partial charge in [0, 0.05) is 30.4 Å². The van der Waals surface area contributed by atoms with Gasteiger partial charge in [0.1, 0.15) is 17.6 Å². The molecule has 1 amide bonds. The number of aliphatic hydroxyl groups is 1. The number of hydrogen-bond acceptors (Lipinski definition) is 8. The van der Waals surface area contributed by atoms with Crippen LogP contribution >= 0.6 is 0 Å². The Balaban J connectivity index is 0.974. The van der Waals surface area contributed by atoms with Crippen molar-refractivity contribution in [2.24, 2.45) is 17.8 Å². The van der Waals surface area contributed by atoms with Gasteiger partial charge in [-0.05, 0) is 54.4 Å². The zero-order valence-electron chi connectivity index (χ0n) is 24.3. The van der Waals surface area contributed by atoms with Crippen molar-refractivity contribution in [3.05, 3.63) is 78.2 Å². The van der Waals surface area contributed by atoms with E-state index in [1.54, 1.807) is 10.7 Å². The Kier molecular flexibility index (Phi) is 6.73. The van der Waals surface area contributed by atoms with Crippen LogP contribution in [0, 0.1) is 29.1 Å². The molecule has 10 nitrogen and oxygen atoms in total. The second-order valence-corrected chi connectivity index (χ2v) is 12.5. The van der Waals surface area contributed by atoms with Gasteiger partial charge in [0.2, 0.25) is 5.91 Å². The van der Waals surface area contributed by atoms with E-state index >= 15 is 0 Å². The second kappa shape index (κ2) is 10.9. The highest BCUT2D eigenvalue weighted by molar-refractivity contribution is 5.86. The Morgan fingerprint density at radius 1 is 1.11 bits per heavy atom. The smallest absolute Gasteiger partial charge is 0.233 e. The number of rotatable bonds is 9. The third-order valence-electron chi connectivity index (χ3n) is 10.1. The SMILES string of the molecule is N#Cc1cnn2cc(OCCC3C4COCC34)cc(-c3ccc(N4CC5CC(C4)N5C(=O)C(CO)c4ccccc4)nc3)c12. The molecule has 4 saturated heterocycles. The molecule has 5 aliphatic rings. The van der Waals surface area contributed by atoms with Gasteiger partial charge in [-0.1, -0.05) is 30.3 Å². The fraction of sp³-hybridized carbons (Fsp3) is 0.412. The molecule has 44 heavy (non-hydrogen) atoms. The lowest BCUT2D eigenvalue weighted by molar-refractivity contribution is -0.148. The molecule has 2 bridgehead atoms. The van der Waals surface area contributed by atoms with Crippen LogP contribution in [0.4, 0.5) is 5.82 Å². The van der Waals surface area contributed by atoms with Gasteiger partial charge in [0.15, 0.2) is 0 Å². The Morgan fingerprint density at radius 3 is 2.61 bits per heavy atom. The molecule has 1 aromatic carbocycles. The predicted octanol–water partition coefficient (Wildman–Crippen LogP) is 3.49. The molecule has 10 heteroatoms. The number of hydrogen-bond donors (Lipinski definition) is 1. The third-order valence-corrected chi connectivity index (χ3v) is 10.1. The molecule has 1 aliphatic carbocycles. The summed E-state index contributed by atoms with van der Waals surface area (Å²) in [5, 5.41) is 24.2. The van der Waals surface area contributed by atoms with Crippen LogP contribution in [0.25, 0.3) is 16.6 Å². The Morgan fingerprint density at radius 2 is 1.91 bits per heavy atom. The number of nitrogens with zero attached hydrogens (tertiary/aromatic N) is 6. The van der Waals surface area contributed by atoms with E-state index in [2.05, 4.69) is 16.1 Å². The lowest BCUT2D eigenvalue weighted by Crippen LogP contribution is -2.71. The van der Waals surface area contributed by atoms with Gasteiger partial charge in [-0.25, -0.2) is 9.50 Å². The zero-order valence-corrected chi connectivity index (χ0v) is 24.3. The standard InChI is InChI=1S/C34H34N6O4/c35-12-23-14-37-39-17-26(44-9-8-27-30-19-43-20-31(27)30)11-28(33(23)39)22-6-7-32(36-13-22)38-15-24-10-25(16-38)40(24)34(42)29(18-41)21-4-2-1-3-5-21/h1-7,11,13-14,17,24-25,27,29-31,41H,8-10,15-16,18-20H2.